The minimum atomic E-state index is -3.25. The van der Waals surface area contributed by atoms with Gasteiger partial charge in [-0.1, -0.05) is 18.2 Å². The summed E-state index contributed by atoms with van der Waals surface area (Å²) in [5.41, 5.74) is 1.05. The first-order valence-electron chi connectivity index (χ1n) is 8.02. The van der Waals surface area contributed by atoms with Gasteiger partial charge in [-0.2, -0.15) is 0 Å². The van der Waals surface area contributed by atoms with E-state index in [1.165, 1.54) is 18.2 Å². The van der Waals surface area contributed by atoms with Crippen molar-refractivity contribution < 1.29 is 18.0 Å². The topological polar surface area (TPSA) is 105 Å². The molecule has 2 amide bonds. The zero-order valence-electron chi connectivity index (χ0n) is 14.8. The Morgan fingerprint density at radius 1 is 1.00 bits per heavy atom. The summed E-state index contributed by atoms with van der Waals surface area (Å²) < 4.78 is 22.9. The van der Waals surface area contributed by atoms with Gasteiger partial charge in [0.1, 0.15) is 11.4 Å². The van der Waals surface area contributed by atoms with Crippen LogP contribution in [0.5, 0.6) is 0 Å². The summed E-state index contributed by atoms with van der Waals surface area (Å²) in [4.78, 5) is 28.5. The largest absolute Gasteiger partial charge is 0.349 e. The van der Waals surface area contributed by atoms with E-state index in [0.717, 1.165) is 11.8 Å². The Morgan fingerprint density at radius 3 is 2.12 bits per heavy atom. The predicted molar refractivity (Wildman–Crippen MR) is 97.6 cm³/mol. The van der Waals surface area contributed by atoms with E-state index in [9.17, 15) is 18.0 Å². The third-order valence-corrected chi connectivity index (χ3v) is 4.57. The molecule has 138 valence electrons. The Labute approximate surface area is 152 Å². The molecule has 0 fully saturated rings. The first-order chi connectivity index (χ1) is 12.2. The number of nitrogens with zero attached hydrogens (tertiary/aromatic N) is 1. The molecule has 26 heavy (non-hydrogen) atoms. The lowest BCUT2D eigenvalue weighted by atomic mass is 10.2. The molecule has 0 aliphatic heterocycles. The monoisotopic (exact) mass is 375 g/mol. The quantitative estimate of drug-likeness (QED) is 0.797. The summed E-state index contributed by atoms with van der Waals surface area (Å²) in [5.74, 6) is -0.762. The van der Waals surface area contributed by atoms with Crippen LogP contribution < -0.4 is 10.6 Å². The van der Waals surface area contributed by atoms with Crippen LogP contribution in [0, 0.1) is 0 Å². The molecule has 1 aromatic carbocycles. The van der Waals surface area contributed by atoms with E-state index >= 15 is 0 Å². The van der Waals surface area contributed by atoms with Crippen LogP contribution in [0.3, 0.4) is 0 Å². The number of nitrogens with one attached hydrogen (secondary N) is 2. The van der Waals surface area contributed by atoms with E-state index in [4.69, 9.17) is 0 Å². The number of carbonyl (C=O) groups is 2. The van der Waals surface area contributed by atoms with Gasteiger partial charge in [-0.25, -0.2) is 13.4 Å². The van der Waals surface area contributed by atoms with Gasteiger partial charge in [0.05, 0.1) is 4.90 Å². The highest BCUT2D eigenvalue weighted by atomic mass is 32.2. The molecular formula is C18H21N3O4S. The fourth-order valence-corrected chi connectivity index (χ4v) is 2.78. The zero-order chi connectivity index (χ0) is 19.3. The van der Waals surface area contributed by atoms with Crippen LogP contribution in [0.1, 0.15) is 40.4 Å². The van der Waals surface area contributed by atoms with Crippen molar-refractivity contribution in [2.45, 2.75) is 31.3 Å². The van der Waals surface area contributed by atoms with Crippen molar-refractivity contribution in [3.8, 4) is 0 Å². The molecule has 0 radical (unpaired) electrons. The molecule has 0 aliphatic carbocycles. The first kappa shape index (κ1) is 19.6. The van der Waals surface area contributed by atoms with Crippen LogP contribution in [-0.4, -0.2) is 37.5 Å². The van der Waals surface area contributed by atoms with Crippen molar-refractivity contribution >= 4 is 21.7 Å². The lowest BCUT2D eigenvalue weighted by Crippen LogP contribution is -2.31. The Morgan fingerprint density at radius 2 is 1.58 bits per heavy atom. The maximum Gasteiger partial charge on any atom is 0.270 e. The van der Waals surface area contributed by atoms with Gasteiger partial charge in [0.25, 0.3) is 11.8 Å². The normalized spacial score (nSPS) is 11.2. The third kappa shape index (κ3) is 5.38. The van der Waals surface area contributed by atoms with Gasteiger partial charge in [0.15, 0.2) is 9.84 Å². The molecule has 2 rings (SSSR count). The third-order valence-electron chi connectivity index (χ3n) is 3.44. The van der Waals surface area contributed by atoms with Gasteiger partial charge in [-0.15, -0.1) is 0 Å². The van der Waals surface area contributed by atoms with Crippen molar-refractivity contribution in [1.29, 1.82) is 0 Å². The number of hydrogen-bond donors (Lipinski definition) is 2. The second-order valence-electron chi connectivity index (χ2n) is 6.14. The van der Waals surface area contributed by atoms with Gasteiger partial charge >= 0.3 is 0 Å². The van der Waals surface area contributed by atoms with E-state index in [0.29, 0.717) is 0 Å². The van der Waals surface area contributed by atoms with Crippen LogP contribution in [0.2, 0.25) is 0 Å². The molecule has 0 saturated heterocycles. The summed E-state index contributed by atoms with van der Waals surface area (Å²) >= 11 is 0. The molecule has 0 spiro atoms. The van der Waals surface area contributed by atoms with Gasteiger partial charge in [-0.3, -0.25) is 9.59 Å². The Balaban J connectivity index is 2.03. The van der Waals surface area contributed by atoms with Crippen LogP contribution in [0.4, 0.5) is 0 Å². The summed E-state index contributed by atoms with van der Waals surface area (Å²) in [6, 6.07) is 10.9. The summed E-state index contributed by atoms with van der Waals surface area (Å²) in [5, 5.41) is 5.42. The van der Waals surface area contributed by atoms with Gasteiger partial charge in [0, 0.05) is 18.8 Å². The number of rotatable bonds is 6. The average molecular weight is 375 g/mol. The van der Waals surface area contributed by atoms with Crippen molar-refractivity contribution in [1.82, 2.24) is 15.6 Å². The standard InChI is InChI=1S/C18H21N3O4S/c1-12(2)20-18(23)16-6-4-5-15(21-16)17(22)19-11-13-7-9-14(10-8-13)26(3,24)25/h4-10,12H,11H2,1-3H3,(H,19,22)(H,20,23). The molecule has 1 aromatic heterocycles. The van der Waals surface area contributed by atoms with Gasteiger partial charge < -0.3 is 10.6 Å². The van der Waals surface area contributed by atoms with Crippen molar-refractivity contribution in [2.24, 2.45) is 0 Å². The molecular weight excluding hydrogens is 354 g/mol. The molecule has 2 aromatic rings. The van der Waals surface area contributed by atoms with Crippen LogP contribution in [0.15, 0.2) is 47.4 Å². The maximum absolute atomic E-state index is 12.2. The summed E-state index contributed by atoms with van der Waals surface area (Å²) in [6.45, 7) is 3.89. The first-order valence-corrected chi connectivity index (χ1v) is 9.91. The molecule has 0 bridgehead atoms. The maximum atomic E-state index is 12.2. The number of hydrogen-bond acceptors (Lipinski definition) is 5. The van der Waals surface area contributed by atoms with E-state index < -0.39 is 15.7 Å². The summed E-state index contributed by atoms with van der Waals surface area (Å²) in [7, 11) is -3.25. The number of pyridine rings is 1. The number of amides is 2. The summed E-state index contributed by atoms with van der Waals surface area (Å²) in [6.07, 6.45) is 1.14. The highest BCUT2D eigenvalue weighted by Gasteiger charge is 2.13. The number of aromatic nitrogens is 1. The lowest BCUT2D eigenvalue weighted by molar-refractivity contribution is 0.0936. The van der Waals surface area contributed by atoms with Gasteiger partial charge in [0.2, 0.25) is 0 Å². The second kappa shape index (κ2) is 8.09. The van der Waals surface area contributed by atoms with E-state index in [-0.39, 0.29) is 34.8 Å². The SMILES string of the molecule is CC(C)NC(=O)c1cccc(C(=O)NCc2ccc(S(C)(=O)=O)cc2)n1. The molecule has 2 N–H and O–H groups in total. The Kier molecular flexibility index (Phi) is 6.10. The van der Waals surface area contributed by atoms with Crippen LogP contribution in [0.25, 0.3) is 0 Å². The minimum Gasteiger partial charge on any atom is -0.349 e. The fourth-order valence-electron chi connectivity index (χ4n) is 2.15. The minimum absolute atomic E-state index is 0.0308. The van der Waals surface area contributed by atoms with Crippen molar-refractivity contribution in [3.63, 3.8) is 0 Å². The Hall–Kier alpha value is -2.74. The Bertz CT molecular complexity index is 906. The fraction of sp³-hybridized carbons (Fsp3) is 0.278. The average Bonchev–Trinajstić information content (AvgIpc) is 2.58. The molecule has 0 saturated carbocycles. The van der Waals surface area contributed by atoms with Crippen molar-refractivity contribution in [2.75, 3.05) is 6.26 Å². The van der Waals surface area contributed by atoms with Crippen LogP contribution in [-0.2, 0) is 16.4 Å². The van der Waals surface area contributed by atoms with Gasteiger partial charge in [-0.05, 0) is 43.7 Å². The lowest BCUT2D eigenvalue weighted by Gasteiger charge is -2.09. The van der Waals surface area contributed by atoms with Crippen molar-refractivity contribution in [3.05, 3.63) is 59.4 Å². The second-order valence-corrected chi connectivity index (χ2v) is 8.15. The molecule has 0 unspecified atom stereocenters. The zero-order valence-corrected chi connectivity index (χ0v) is 15.6. The molecule has 0 aliphatic rings. The smallest absolute Gasteiger partial charge is 0.270 e. The number of carbonyl (C=O) groups excluding carboxylic acids is 2. The van der Waals surface area contributed by atoms with E-state index in [1.807, 2.05) is 13.8 Å². The molecule has 8 heteroatoms. The van der Waals surface area contributed by atoms with E-state index in [1.54, 1.807) is 24.3 Å². The highest BCUT2D eigenvalue weighted by molar-refractivity contribution is 7.90. The van der Waals surface area contributed by atoms with Crippen LogP contribution >= 0.6 is 0 Å². The van der Waals surface area contributed by atoms with E-state index in [2.05, 4.69) is 15.6 Å². The predicted octanol–water partition coefficient (Wildman–Crippen LogP) is 1.55. The molecule has 1 heterocycles. The molecule has 7 nitrogen and oxygen atoms in total. The highest BCUT2D eigenvalue weighted by Crippen LogP contribution is 2.10. The molecule has 0 atom stereocenters. The number of benzene rings is 1. The number of sulfone groups is 1.